The predicted octanol–water partition coefficient (Wildman–Crippen LogP) is 5.28. The summed E-state index contributed by atoms with van der Waals surface area (Å²) >= 11 is 0. The number of nitro benzene ring substituents is 1. The molecule has 9 nitrogen and oxygen atoms in total. The van der Waals surface area contributed by atoms with Crippen molar-refractivity contribution < 1.29 is 14.5 Å². The molecule has 3 amide bonds. The number of amides is 3. The van der Waals surface area contributed by atoms with E-state index in [0.717, 1.165) is 5.56 Å². The van der Waals surface area contributed by atoms with Gasteiger partial charge in [-0.25, -0.2) is 4.79 Å². The molecule has 0 aliphatic carbocycles. The number of H-pyrrole nitrogens is 1. The van der Waals surface area contributed by atoms with Crippen LogP contribution >= 0.6 is 0 Å². The summed E-state index contributed by atoms with van der Waals surface area (Å²) in [5.74, 6) is -0.425. The molecule has 9 heteroatoms. The largest absolute Gasteiger partial charge is 0.360 e. The van der Waals surface area contributed by atoms with Crippen LogP contribution < -0.4 is 16.0 Å². The molecule has 4 N–H and O–H groups in total. The Kier molecular flexibility index (Phi) is 5.54. The van der Waals surface area contributed by atoms with Crippen LogP contribution in [0.4, 0.5) is 27.5 Å². The molecular formula is C23H19N5O4. The van der Waals surface area contributed by atoms with Gasteiger partial charge < -0.3 is 20.9 Å². The standard InChI is InChI=1S/C23H19N5O4/c1-14-7-8-16(26-23(30)25-15-5-3-2-4-6-15)11-21(14)27-22(29)19-13-24-20-10-9-17(28(31)32)12-18(19)20/h2-13,24H,1H3,(H,27,29)(H2,25,26,30). The third-order valence-electron chi connectivity index (χ3n) is 4.90. The number of aryl methyl sites for hydroxylation is 1. The Balaban J connectivity index is 1.52. The molecule has 0 saturated carbocycles. The molecular weight excluding hydrogens is 410 g/mol. The van der Waals surface area contributed by atoms with E-state index in [4.69, 9.17) is 0 Å². The number of nitrogens with zero attached hydrogens (tertiary/aromatic N) is 1. The second kappa shape index (κ2) is 8.60. The van der Waals surface area contributed by atoms with E-state index in [1.165, 1.54) is 18.3 Å². The van der Waals surface area contributed by atoms with Gasteiger partial charge in [0.25, 0.3) is 11.6 Å². The molecule has 1 heterocycles. The molecule has 0 saturated heterocycles. The smallest absolute Gasteiger partial charge is 0.323 e. The quantitative estimate of drug-likeness (QED) is 0.254. The minimum absolute atomic E-state index is 0.0991. The Morgan fingerprint density at radius 1 is 0.906 bits per heavy atom. The van der Waals surface area contributed by atoms with Gasteiger partial charge >= 0.3 is 6.03 Å². The summed E-state index contributed by atoms with van der Waals surface area (Å²) in [5, 5.41) is 19.8. The highest BCUT2D eigenvalue weighted by Gasteiger charge is 2.16. The lowest BCUT2D eigenvalue weighted by atomic mass is 10.1. The van der Waals surface area contributed by atoms with E-state index in [2.05, 4.69) is 20.9 Å². The normalized spacial score (nSPS) is 10.5. The first-order valence-corrected chi connectivity index (χ1v) is 9.71. The van der Waals surface area contributed by atoms with Crippen LogP contribution in [-0.2, 0) is 0 Å². The maximum atomic E-state index is 12.9. The van der Waals surface area contributed by atoms with Gasteiger partial charge in [0.15, 0.2) is 0 Å². The van der Waals surface area contributed by atoms with E-state index >= 15 is 0 Å². The maximum Gasteiger partial charge on any atom is 0.323 e. The number of nitrogens with one attached hydrogen (secondary N) is 4. The summed E-state index contributed by atoms with van der Waals surface area (Å²) < 4.78 is 0. The molecule has 0 aliphatic heterocycles. The number of anilines is 3. The zero-order valence-corrected chi connectivity index (χ0v) is 17.0. The second-order valence-electron chi connectivity index (χ2n) is 7.12. The molecule has 4 rings (SSSR count). The van der Waals surface area contributed by atoms with Gasteiger partial charge in [0.2, 0.25) is 0 Å². The second-order valence-corrected chi connectivity index (χ2v) is 7.12. The van der Waals surface area contributed by atoms with E-state index < -0.39 is 16.9 Å². The van der Waals surface area contributed by atoms with Gasteiger partial charge in [-0.15, -0.1) is 0 Å². The number of para-hydroxylation sites is 1. The van der Waals surface area contributed by atoms with Crippen LogP contribution in [0.5, 0.6) is 0 Å². The number of carbonyl (C=O) groups excluding carboxylic acids is 2. The number of fused-ring (bicyclic) bond motifs is 1. The van der Waals surface area contributed by atoms with Crippen LogP contribution in [0.3, 0.4) is 0 Å². The van der Waals surface area contributed by atoms with Gasteiger partial charge in [-0.3, -0.25) is 14.9 Å². The Labute approximate surface area is 182 Å². The van der Waals surface area contributed by atoms with Crippen molar-refractivity contribution in [1.82, 2.24) is 4.98 Å². The van der Waals surface area contributed by atoms with Crippen molar-refractivity contribution in [2.45, 2.75) is 6.92 Å². The third-order valence-corrected chi connectivity index (χ3v) is 4.90. The number of urea groups is 1. The lowest BCUT2D eigenvalue weighted by Crippen LogP contribution is -2.19. The molecule has 0 aliphatic rings. The summed E-state index contributed by atoms with van der Waals surface area (Å²) in [6, 6.07) is 18.0. The van der Waals surface area contributed by atoms with Crippen molar-refractivity contribution in [2.24, 2.45) is 0 Å². The summed E-state index contributed by atoms with van der Waals surface area (Å²) in [5.41, 5.74) is 3.24. The van der Waals surface area contributed by atoms with E-state index in [-0.39, 0.29) is 11.3 Å². The molecule has 0 spiro atoms. The summed E-state index contributed by atoms with van der Waals surface area (Å²) in [6.07, 6.45) is 1.51. The number of hydrogen-bond donors (Lipinski definition) is 4. The molecule has 0 unspecified atom stereocenters. The van der Waals surface area contributed by atoms with E-state index in [1.54, 1.807) is 36.4 Å². The Hall–Kier alpha value is -4.66. The molecule has 1 aromatic heterocycles. The zero-order chi connectivity index (χ0) is 22.7. The van der Waals surface area contributed by atoms with Crippen LogP contribution in [0.15, 0.2) is 72.9 Å². The lowest BCUT2D eigenvalue weighted by Gasteiger charge is -2.12. The number of aromatic amines is 1. The van der Waals surface area contributed by atoms with Crippen LogP contribution in [0, 0.1) is 17.0 Å². The average Bonchev–Trinajstić information content (AvgIpc) is 3.20. The molecule has 0 bridgehead atoms. The Morgan fingerprint density at radius 2 is 1.66 bits per heavy atom. The number of hydrogen-bond acceptors (Lipinski definition) is 4. The van der Waals surface area contributed by atoms with E-state index in [0.29, 0.717) is 28.0 Å². The molecule has 4 aromatic rings. The van der Waals surface area contributed by atoms with Crippen molar-refractivity contribution in [3.63, 3.8) is 0 Å². The average molecular weight is 429 g/mol. The lowest BCUT2D eigenvalue weighted by molar-refractivity contribution is -0.384. The summed E-state index contributed by atoms with van der Waals surface area (Å²) in [4.78, 5) is 38.7. The predicted molar refractivity (Wildman–Crippen MR) is 123 cm³/mol. The fourth-order valence-corrected chi connectivity index (χ4v) is 3.25. The van der Waals surface area contributed by atoms with Crippen molar-refractivity contribution in [2.75, 3.05) is 16.0 Å². The van der Waals surface area contributed by atoms with Gasteiger partial charge in [0, 0.05) is 46.3 Å². The minimum atomic E-state index is -0.506. The first-order chi connectivity index (χ1) is 15.4. The van der Waals surface area contributed by atoms with Crippen molar-refractivity contribution in [3.8, 4) is 0 Å². The highest BCUT2D eigenvalue weighted by Crippen LogP contribution is 2.26. The first-order valence-electron chi connectivity index (χ1n) is 9.71. The molecule has 3 aromatic carbocycles. The van der Waals surface area contributed by atoms with Gasteiger partial charge in [0.05, 0.1) is 10.5 Å². The molecule has 32 heavy (non-hydrogen) atoms. The number of aromatic nitrogens is 1. The van der Waals surface area contributed by atoms with Crippen LogP contribution in [-0.4, -0.2) is 21.8 Å². The number of carbonyl (C=O) groups is 2. The molecule has 0 atom stereocenters. The topological polar surface area (TPSA) is 129 Å². The highest BCUT2D eigenvalue weighted by molar-refractivity contribution is 6.13. The highest BCUT2D eigenvalue weighted by atomic mass is 16.6. The van der Waals surface area contributed by atoms with Gasteiger partial charge in [0.1, 0.15) is 0 Å². The number of non-ortho nitro benzene ring substituents is 1. The zero-order valence-electron chi connectivity index (χ0n) is 17.0. The Bertz CT molecular complexity index is 1330. The van der Waals surface area contributed by atoms with Crippen molar-refractivity contribution >= 4 is 45.6 Å². The fraction of sp³-hybridized carbons (Fsp3) is 0.0435. The van der Waals surface area contributed by atoms with Crippen LogP contribution in [0.25, 0.3) is 10.9 Å². The van der Waals surface area contributed by atoms with Gasteiger partial charge in [-0.2, -0.15) is 0 Å². The van der Waals surface area contributed by atoms with Crippen molar-refractivity contribution in [1.29, 1.82) is 0 Å². The monoisotopic (exact) mass is 429 g/mol. The Morgan fingerprint density at radius 3 is 2.41 bits per heavy atom. The fourth-order valence-electron chi connectivity index (χ4n) is 3.25. The summed E-state index contributed by atoms with van der Waals surface area (Å²) in [6.45, 7) is 1.82. The molecule has 0 fully saturated rings. The van der Waals surface area contributed by atoms with E-state index in [9.17, 15) is 19.7 Å². The van der Waals surface area contributed by atoms with Crippen molar-refractivity contribution in [3.05, 3.63) is 94.2 Å². The molecule has 160 valence electrons. The summed E-state index contributed by atoms with van der Waals surface area (Å²) in [7, 11) is 0. The first kappa shape index (κ1) is 20.6. The number of nitro groups is 1. The third kappa shape index (κ3) is 4.41. The number of benzene rings is 3. The minimum Gasteiger partial charge on any atom is -0.360 e. The van der Waals surface area contributed by atoms with Gasteiger partial charge in [-0.05, 0) is 42.8 Å². The SMILES string of the molecule is Cc1ccc(NC(=O)Nc2ccccc2)cc1NC(=O)c1c[nH]c2ccc([N+](=O)[O-])cc12. The van der Waals surface area contributed by atoms with Crippen LogP contribution in [0.2, 0.25) is 0 Å². The maximum absolute atomic E-state index is 12.9. The number of rotatable bonds is 5. The van der Waals surface area contributed by atoms with Crippen LogP contribution in [0.1, 0.15) is 15.9 Å². The molecule has 0 radical (unpaired) electrons. The van der Waals surface area contributed by atoms with Gasteiger partial charge in [-0.1, -0.05) is 24.3 Å². The van der Waals surface area contributed by atoms with E-state index in [1.807, 2.05) is 25.1 Å².